The molecule has 178 valence electrons. The molecule has 0 amide bonds. The number of thioether (sulfide) groups is 1. The lowest BCUT2D eigenvalue weighted by Crippen LogP contribution is -2.25. The fourth-order valence-electron chi connectivity index (χ4n) is 4.02. The number of rotatable bonds is 8. The molecule has 0 N–H and O–H groups in total. The van der Waals surface area contributed by atoms with Crippen molar-refractivity contribution in [3.63, 3.8) is 0 Å². The van der Waals surface area contributed by atoms with Crippen LogP contribution in [-0.4, -0.2) is 24.3 Å². The number of fused-ring (bicyclic) bond motifs is 1. The summed E-state index contributed by atoms with van der Waals surface area (Å²) in [6.07, 6.45) is 2.87. The van der Waals surface area contributed by atoms with Crippen LogP contribution in [0.4, 0.5) is 0 Å². The zero-order chi connectivity index (χ0) is 24.4. The molecule has 0 aliphatic heterocycles. The van der Waals surface area contributed by atoms with Crippen molar-refractivity contribution in [1.29, 1.82) is 0 Å². The van der Waals surface area contributed by atoms with Gasteiger partial charge in [-0.2, -0.15) is 4.98 Å². The minimum atomic E-state index is -0.0293. The van der Waals surface area contributed by atoms with Gasteiger partial charge < -0.3 is 9.09 Å². The summed E-state index contributed by atoms with van der Waals surface area (Å²) >= 11 is 1.45. The molecule has 2 aromatic carbocycles. The second-order valence-corrected chi connectivity index (χ2v) is 9.86. The molecule has 0 aliphatic carbocycles. The van der Waals surface area contributed by atoms with Gasteiger partial charge in [0.25, 0.3) is 5.56 Å². The predicted molar refractivity (Wildman–Crippen MR) is 139 cm³/mol. The van der Waals surface area contributed by atoms with Crippen molar-refractivity contribution >= 4 is 22.8 Å². The number of hydrogen-bond acceptors (Lipinski definition) is 6. The predicted octanol–water partition coefficient (Wildman–Crippen LogP) is 5.79. The average Bonchev–Trinajstić information content (AvgIpc) is 3.48. The van der Waals surface area contributed by atoms with Gasteiger partial charge in [-0.05, 0) is 17.9 Å². The average molecular weight is 486 g/mol. The van der Waals surface area contributed by atoms with E-state index in [-0.39, 0.29) is 5.56 Å². The highest BCUT2D eigenvalue weighted by Crippen LogP contribution is 2.30. The van der Waals surface area contributed by atoms with Gasteiger partial charge in [0, 0.05) is 30.9 Å². The SMILES string of the molecule is CC(C)CCn1c(SCc2nc(-c3ccccc3)no2)nc2c(-c3ccccc3)cn(C)c2c1=O. The van der Waals surface area contributed by atoms with E-state index in [1.54, 1.807) is 4.57 Å². The summed E-state index contributed by atoms with van der Waals surface area (Å²) in [5, 5.41) is 4.77. The maximum Gasteiger partial charge on any atom is 0.278 e. The highest BCUT2D eigenvalue weighted by atomic mass is 32.2. The summed E-state index contributed by atoms with van der Waals surface area (Å²) in [5.74, 6) is 1.94. The van der Waals surface area contributed by atoms with E-state index in [9.17, 15) is 4.79 Å². The molecule has 0 aliphatic rings. The van der Waals surface area contributed by atoms with Gasteiger partial charge in [-0.15, -0.1) is 0 Å². The molecule has 35 heavy (non-hydrogen) atoms. The third-order valence-corrected chi connectivity index (χ3v) is 6.84. The van der Waals surface area contributed by atoms with E-state index in [4.69, 9.17) is 9.51 Å². The quantitative estimate of drug-likeness (QED) is 0.204. The fraction of sp³-hybridized carbons (Fsp3) is 0.259. The largest absolute Gasteiger partial charge is 0.344 e. The number of benzene rings is 2. The standard InChI is InChI=1S/C27H27N5O2S/c1-18(2)14-15-32-26(33)24-23(21(16-31(24)3)19-10-6-4-7-11-19)29-27(32)35-17-22-28-25(30-34-22)20-12-8-5-9-13-20/h4-13,16,18H,14-15,17H2,1-3H3. The van der Waals surface area contributed by atoms with Crippen molar-refractivity contribution in [2.24, 2.45) is 13.0 Å². The van der Waals surface area contributed by atoms with Gasteiger partial charge in [-0.25, -0.2) is 4.98 Å². The van der Waals surface area contributed by atoms with Gasteiger partial charge in [0.15, 0.2) is 5.16 Å². The molecule has 5 aromatic rings. The fourth-order valence-corrected chi connectivity index (χ4v) is 4.87. The first-order valence-electron chi connectivity index (χ1n) is 11.7. The molecule has 5 rings (SSSR count). The lowest BCUT2D eigenvalue weighted by molar-refractivity contribution is 0.391. The summed E-state index contributed by atoms with van der Waals surface area (Å²) in [5.41, 5.74) is 4.17. The van der Waals surface area contributed by atoms with Crippen LogP contribution in [-0.2, 0) is 19.3 Å². The minimum absolute atomic E-state index is 0.0293. The monoisotopic (exact) mass is 485 g/mol. The van der Waals surface area contributed by atoms with Crippen LogP contribution < -0.4 is 5.56 Å². The van der Waals surface area contributed by atoms with Gasteiger partial charge in [0.05, 0.1) is 5.75 Å². The van der Waals surface area contributed by atoms with Crippen molar-refractivity contribution in [3.8, 4) is 22.5 Å². The van der Waals surface area contributed by atoms with Crippen LogP contribution in [0.2, 0.25) is 0 Å². The van der Waals surface area contributed by atoms with E-state index in [1.807, 2.05) is 78.5 Å². The Hall–Kier alpha value is -3.65. The molecule has 0 saturated carbocycles. The zero-order valence-corrected chi connectivity index (χ0v) is 20.8. The maximum atomic E-state index is 13.7. The van der Waals surface area contributed by atoms with Crippen LogP contribution in [0.25, 0.3) is 33.5 Å². The van der Waals surface area contributed by atoms with Crippen LogP contribution in [0, 0.1) is 5.92 Å². The molecule has 3 heterocycles. The van der Waals surface area contributed by atoms with Crippen molar-refractivity contribution in [3.05, 3.63) is 83.1 Å². The molecule has 0 unspecified atom stereocenters. The normalized spacial score (nSPS) is 11.5. The van der Waals surface area contributed by atoms with Gasteiger partial charge in [0.1, 0.15) is 11.0 Å². The van der Waals surface area contributed by atoms with E-state index < -0.39 is 0 Å². The lowest BCUT2D eigenvalue weighted by atomic mass is 10.1. The third kappa shape index (κ3) is 4.79. The Balaban J connectivity index is 1.53. The smallest absolute Gasteiger partial charge is 0.278 e. The summed E-state index contributed by atoms with van der Waals surface area (Å²) in [4.78, 5) is 23.2. The highest BCUT2D eigenvalue weighted by molar-refractivity contribution is 7.98. The first-order chi connectivity index (χ1) is 17.0. The summed E-state index contributed by atoms with van der Waals surface area (Å²) in [7, 11) is 1.90. The summed E-state index contributed by atoms with van der Waals surface area (Å²) < 4.78 is 9.17. The molecular formula is C27H27N5O2S. The molecule has 3 aromatic heterocycles. The highest BCUT2D eigenvalue weighted by Gasteiger charge is 2.20. The van der Waals surface area contributed by atoms with Crippen LogP contribution in [0.5, 0.6) is 0 Å². The van der Waals surface area contributed by atoms with Crippen molar-refractivity contribution < 1.29 is 4.52 Å². The molecule has 0 bridgehead atoms. The number of aromatic nitrogens is 5. The zero-order valence-electron chi connectivity index (χ0n) is 20.0. The van der Waals surface area contributed by atoms with Crippen molar-refractivity contribution in [1.82, 2.24) is 24.3 Å². The Morgan fingerprint density at radius 1 is 0.971 bits per heavy atom. The summed E-state index contributed by atoms with van der Waals surface area (Å²) in [6, 6.07) is 19.8. The Kier molecular flexibility index (Phi) is 6.55. The Morgan fingerprint density at radius 2 is 1.66 bits per heavy atom. The van der Waals surface area contributed by atoms with Crippen molar-refractivity contribution in [2.45, 2.75) is 37.7 Å². The third-order valence-electron chi connectivity index (χ3n) is 5.88. The van der Waals surface area contributed by atoms with Crippen LogP contribution in [0.1, 0.15) is 26.2 Å². The van der Waals surface area contributed by atoms with Crippen LogP contribution in [0.15, 0.2) is 81.3 Å². The molecule has 0 saturated heterocycles. The number of aryl methyl sites for hydroxylation is 1. The van der Waals surface area contributed by atoms with E-state index in [0.717, 1.165) is 23.1 Å². The Bertz CT molecular complexity index is 1500. The maximum absolute atomic E-state index is 13.7. The van der Waals surface area contributed by atoms with Crippen molar-refractivity contribution in [2.75, 3.05) is 0 Å². The van der Waals surface area contributed by atoms with Crippen LogP contribution >= 0.6 is 11.8 Å². The van der Waals surface area contributed by atoms with E-state index >= 15 is 0 Å². The number of hydrogen-bond donors (Lipinski definition) is 0. The first-order valence-corrected chi connectivity index (χ1v) is 12.7. The molecule has 0 spiro atoms. The molecule has 0 fully saturated rings. The molecule has 8 heteroatoms. The first kappa shape index (κ1) is 23.1. The van der Waals surface area contributed by atoms with Crippen LogP contribution in [0.3, 0.4) is 0 Å². The minimum Gasteiger partial charge on any atom is -0.344 e. The summed E-state index contributed by atoms with van der Waals surface area (Å²) in [6.45, 7) is 4.92. The molecular weight excluding hydrogens is 458 g/mol. The van der Waals surface area contributed by atoms with E-state index in [2.05, 4.69) is 24.0 Å². The Morgan fingerprint density at radius 3 is 2.34 bits per heavy atom. The van der Waals surface area contributed by atoms with Gasteiger partial charge in [-0.3, -0.25) is 9.36 Å². The second-order valence-electron chi connectivity index (χ2n) is 8.92. The van der Waals surface area contributed by atoms with Gasteiger partial charge in [-0.1, -0.05) is 91.4 Å². The van der Waals surface area contributed by atoms with Gasteiger partial charge in [0.2, 0.25) is 11.7 Å². The molecule has 7 nitrogen and oxygen atoms in total. The number of nitrogens with zero attached hydrogens (tertiary/aromatic N) is 5. The van der Waals surface area contributed by atoms with E-state index in [0.29, 0.717) is 46.1 Å². The molecule has 0 atom stereocenters. The molecule has 0 radical (unpaired) electrons. The topological polar surface area (TPSA) is 78.7 Å². The van der Waals surface area contributed by atoms with Gasteiger partial charge >= 0.3 is 0 Å². The second kappa shape index (κ2) is 9.92. The lowest BCUT2D eigenvalue weighted by Gasteiger charge is -2.13. The van der Waals surface area contributed by atoms with E-state index in [1.165, 1.54) is 11.8 Å². The Labute approximate surface area is 207 Å².